The summed E-state index contributed by atoms with van der Waals surface area (Å²) in [5.74, 6) is -3.76. The molecule has 0 unspecified atom stereocenters. The first-order valence-corrected chi connectivity index (χ1v) is 15.6. The topological polar surface area (TPSA) is 217 Å². The summed E-state index contributed by atoms with van der Waals surface area (Å²) in [6.45, 7) is 6.42. The van der Waals surface area contributed by atoms with E-state index >= 15 is 0 Å². The van der Waals surface area contributed by atoms with Gasteiger partial charge in [-0.25, -0.2) is 9.78 Å². The molecule has 45 heavy (non-hydrogen) atoms. The zero-order valence-electron chi connectivity index (χ0n) is 25.2. The molecule has 16 nitrogen and oxygen atoms in total. The number of nitrogen functional groups attached to an aromatic ring is 1. The molecule has 2 atom stereocenters. The number of thiazole rings is 1. The molecule has 0 spiro atoms. The molecule has 1 aromatic carbocycles. The Morgan fingerprint density at radius 3 is 2.38 bits per heavy atom. The molecule has 1 aliphatic heterocycles. The normalized spacial score (nSPS) is 17.1. The number of hydroxylamine groups is 2. The van der Waals surface area contributed by atoms with Crippen LogP contribution < -0.4 is 15.2 Å². The fraction of sp³-hybridized carbons (Fsp3) is 0.407. The number of hydrogen-bond acceptors (Lipinski definition) is 12. The predicted octanol–water partition coefficient (Wildman–Crippen LogP) is 1.36. The minimum Gasteiger partial charge on any atom is -0.489 e. The molecule has 1 saturated heterocycles. The van der Waals surface area contributed by atoms with Crippen LogP contribution >= 0.6 is 11.3 Å². The van der Waals surface area contributed by atoms with E-state index in [1.807, 2.05) is 49.4 Å². The summed E-state index contributed by atoms with van der Waals surface area (Å²) in [7, 11) is -1.06. The predicted molar refractivity (Wildman–Crippen MR) is 159 cm³/mol. The van der Waals surface area contributed by atoms with E-state index in [9.17, 15) is 27.9 Å². The van der Waals surface area contributed by atoms with Crippen LogP contribution in [0.3, 0.4) is 0 Å². The number of hydrogen-bond donors (Lipinski definition) is 3. The van der Waals surface area contributed by atoms with E-state index in [0.717, 1.165) is 33.9 Å². The van der Waals surface area contributed by atoms with Gasteiger partial charge in [0.2, 0.25) is 5.69 Å². The van der Waals surface area contributed by atoms with Gasteiger partial charge in [-0.3, -0.25) is 14.1 Å². The fourth-order valence-electron chi connectivity index (χ4n) is 4.89. The van der Waals surface area contributed by atoms with Crippen molar-refractivity contribution in [2.75, 3.05) is 12.3 Å². The van der Waals surface area contributed by atoms with Crippen molar-refractivity contribution in [3.8, 4) is 16.9 Å². The number of Topliss-reactive ketones (excluding diaryl/α,β-unsaturated/α-hetero) is 1. The van der Waals surface area contributed by atoms with Crippen LogP contribution in [0.15, 0.2) is 34.8 Å². The van der Waals surface area contributed by atoms with Crippen LogP contribution in [0.5, 0.6) is 5.75 Å². The molecule has 0 aliphatic carbocycles. The second-order valence-electron chi connectivity index (χ2n) is 10.8. The lowest BCUT2D eigenvalue weighted by Gasteiger charge is -2.50. The summed E-state index contributed by atoms with van der Waals surface area (Å²) in [6.07, 6.45) is -2.13. The Hall–Kier alpha value is -4.39. The van der Waals surface area contributed by atoms with Crippen LogP contribution in [0.1, 0.15) is 37.4 Å². The van der Waals surface area contributed by atoms with Gasteiger partial charge in [-0.2, -0.15) is 18.2 Å². The lowest BCUT2D eigenvalue weighted by molar-refractivity contribution is -0.756. The number of aliphatic carboxylic acids is 1. The summed E-state index contributed by atoms with van der Waals surface area (Å²) in [5, 5.41) is 15.5. The smallest absolute Gasteiger partial charge is 0.418 e. The monoisotopic (exact) mass is 665 g/mol. The maximum Gasteiger partial charge on any atom is 0.418 e. The van der Waals surface area contributed by atoms with Crippen LogP contribution in [0.25, 0.3) is 11.1 Å². The first-order valence-electron chi connectivity index (χ1n) is 13.4. The number of anilines is 1. The number of carboxylic acids is 1. The van der Waals surface area contributed by atoms with E-state index in [-0.39, 0.29) is 10.8 Å². The van der Waals surface area contributed by atoms with E-state index in [0.29, 0.717) is 10.8 Å². The third-order valence-corrected chi connectivity index (χ3v) is 8.71. The van der Waals surface area contributed by atoms with Gasteiger partial charge in [-0.15, -0.1) is 20.3 Å². The van der Waals surface area contributed by atoms with Crippen LogP contribution in [0, 0.1) is 19.8 Å². The van der Waals surface area contributed by atoms with Crippen molar-refractivity contribution in [1.82, 2.24) is 14.7 Å². The second-order valence-corrected chi connectivity index (χ2v) is 12.7. The second kappa shape index (κ2) is 12.5. The number of carboxylic acid groups (broad SMARTS) is 1. The lowest BCUT2D eigenvalue weighted by atomic mass is 9.74. The summed E-state index contributed by atoms with van der Waals surface area (Å²) in [5.41, 5.74) is 8.15. The molecule has 1 amide bonds. The standard InChI is InChI=1S/C27H32N6O10S2/c1-14-22(15(2)32(6)31(14)5)16-7-9-17(10-8-16)41-12-21(25(36)37)42-30-23(19-13-44-26(28)29-19)20(34)11-18-24(35)33(27(18,3)4)43-45(38,39)40/h7-10,13,18,21H,11-12H2,1-6H3,(H3-,28,29,36,37,38,39,40)/p+1/b30-23-/t18-,21+/m1/s1. The highest BCUT2D eigenvalue weighted by Gasteiger charge is 2.57. The van der Waals surface area contributed by atoms with E-state index in [4.69, 9.17) is 19.9 Å². The van der Waals surface area contributed by atoms with Gasteiger partial charge in [-0.05, 0) is 38.5 Å². The Kier molecular flexibility index (Phi) is 9.34. The molecule has 4 N–H and O–H groups in total. The molecule has 0 radical (unpaired) electrons. The van der Waals surface area contributed by atoms with E-state index in [1.54, 1.807) is 12.1 Å². The molecule has 18 heteroatoms. The van der Waals surface area contributed by atoms with Gasteiger partial charge >= 0.3 is 16.4 Å². The molecular weight excluding hydrogens is 632 g/mol. The van der Waals surface area contributed by atoms with E-state index in [1.165, 1.54) is 19.2 Å². The van der Waals surface area contributed by atoms with Gasteiger partial charge in [0.1, 0.15) is 18.1 Å². The highest BCUT2D eigenvalue weighted by molar-refractivity contribution is 7.80. The number of nitrogens with zero attached hydrogens (tertiary/aromatic N) is 5. The maximum atomic E-state index is 13.3. The van der Waals surface area contributed by atoms with Crippen molar-refractivity contribution in [2.45, 2.75) is 45.8 Å². The van der Waals surface area contributed by atoms with Crippen molar-refractivity contribution in [2.24, 2.45) is 25.2 Å². The van der Waals surface area contributed by atoms with Gasteiger partial charge in [0.25, 0.3) is 12.0 Å². The average molecular weight is 666 g/mol. The number of ether oxygens (including phenoxy) is 1. The number of oxime groups is 1. The Bertz CT molecular complexity index is 1750. The zero-order valence-corrected chi connectivity index (χ0v) is 26.9. The largest absolute Gasteiger partial charge is 0.489 e. The number of amides is 1. The van der Waals surface area contributed by atoms with Crippen LogP contribution in [0.4, 0.5) is 5.13 Å². The maximum absolute atomic E-state index is 13.3. The molecule has 242 valence electrons. The first kappa shape index (κ1) is 33.5. The van der Waals surface area contributed by atoms with Crippen molar-refractivity contribution in [1.29, 1.82) is 0 Å². The van der Waals surface area contributed by atoms with Crippen molar-refractivity contribution < 1.29 is 51.0 Å². The minimum atomic E-state index is -4.98. The number of rotatable bonds is 13. The van der Waals surface area contributed by atoms with Crippen molar-refractivity contribution in [3.05, 3.63) is 46.7 Å². The average Bonchev–Trinajstić information content (AvgIpc) is 3.47. The van der Waals surface area contributed by atoms with Crippen LogP contribution in [0.2, 0.25) is 0 Å². The molecule has 0 saturated carbocycles. The Morgan fingerprint density at radius 2 is 1.89 bits per heavy atom. The molecule has 0 bridgehead atoms. The van der Waals surface area contributed by atoms with Crippen LogP contribution in [-0.4, -0.2) is 74.4 Å². The van der Waals surface area contributed by atoms with Gasteiger partial charge in [0.05, 0.1) is 29.8 Å². The van der Waals surface area contributed by atoms with Crippen molar-refractivity contribution >= 4 is 50.2 Å². The minimum absolute atomic E-state index is 0.0151. The van der Waals surface area contributed by atoms with Gasteiger partial charge in [0.15, 0.2) is 23.7 Å². The van der Waals surface area contributed by atoms with Gasteiger partial charge < -0.3 is 20.4 Å². The number of ketones is 1. The molecule has 3 heterocycles. The fourth-order valence-corrected chi connectivity index (χ4v) is 5.89. The highest BCUT2D eigenvalue weighted by atomic mass is 32.3. The number of nitrogens with two attached hydrogens (primary N) is 1. The summed E-state index contributed by atoms with van der Waals surface area (Å²) < 4.78 is 45.2. The Balaban J connectivity index is 1.48. The zero-order chi connectivity index (χ0) is 33.4. The molecule has 2 aromatic heterocycles. The SMILES string of the molecule is Cc1c(-c2ccc(OC[C@H](O/N=C(\C(=O)C[C@@H]3C(=O)N(OS(=O)(=O)O)C3(C)C)c3csc(N)n3)C(=O)O)cc2)c(C)[n+](C)n1C. The number of carbonyl (C=O) groups is 3. The third kappa shape index (κ3) is 6.98. The number of carbonyl (C=O) groups excluding carboxylic acids is 2. The Labute approximate surface area is 262 Å². The third-order valence-electron chi connectivity index (χ3n) is 7.70. The number of aromatic nitrogens is 3. The molecule has 1 fully saturated rings. The molecule has 4 rings (SSSR count). The quantitative estimate of drug-likeness (QED) is 0.0775. The highest BCUT2D eigenvalue weighted by Crippen LogP contribution is 2.40. The van der Waals surface area contributed by atoms with Gasteiger partial charge in [0, 0.05) is 18.7 Å². The summed E-state index contributed by atoms with van der Waals surface area (Å²) >= 11 is 0.992. The molecule has 1 aliphatic rings. The summed E-state index contributed by atoms with van der Waals surface area (Å²) in [4.78, 5) is 47.1. The van der Waals surface area contributed by atoms with E-state index < -0.39 is 64.4 Å². The van der Waals surface area contributed by atoms with Crippen LogP contribution in [-0.2, 0) is 48.0 Å². The lowest BCUT2D eigenvalue weighted by Crippen LogP contribution is -2.68. The van der Waals surface area contributed by atoms with Gasteiger partial charge in [-0.1, -0.05) is 17.3 Å². The van der Waals surface area contributed by atoms with Crippen molar-refractivity contribution in [3.63, 3.8) is 0 Å². The molecule has 3 aromatic rings. The number of benzene rings is 1. The Morgan fingerprint density at radius 1 is 1.24 bits per heavy atom. The molecular formula is C27H33N6O10S2+. The summed E-state index contributed by atoms with van der Waals surface area (Å²) in [6, 6.07) is 7.11. The number of β-lactam (4-membered cyclic amide) rings is 1. The van der Waals surface area contributed by atoms with E-state index in [2.05, 4.69) is 14.4 Å². The first-order chi connectivity index (χ1) is 20.9.